The van der Waals surface area contributed by atoms with Crippen LogP contribution in [0.3, 0.4) is 0 Å². The monoisotopic (exact) mass is 391 g/mol. The summed E-state index contributed by atoms with van der Waals surface area (Å²) in [7, 11) is 0. The first-order valence-corrected chi connectivity index (χ1v) is 6.92. The summed E-state index contributed by atoms with van der Waals surface area (Å²) >= 11 is 14.0. The van der Waals surface area contributed by atoms with Crippen LogP contribution in [0.25, 0.3) is 0 Å². The molecule has 92 valence electrons. The van der Waals surface area contributed by atoms with E-state index in [-0.39, 0.29) is 5.91 Å². The van der Waals surface area contributed by atoms with Gasteiger partial charge in [-0.2, -0.15) is 0 Å². The Balaban J connectivity index is 2.27. The van der Waals surface area contributed by atoms with Crippen molar-refractivity contribution in [3.63, 3.8) is 0 Å². The fourth-order valence-electron chi connectivity index (χ4n) is 1.43. The quantitative estimate of drug-likeness (QED) is 0.728. The molecule has 0 aliphatic rings. The van der Waals surface area contributed by atoms with Crippen LogP contribution in [-0.2, 0) is 0 Å². The van der Waals surface area contributed by atoms with Gasteiger partial charge in [-0.1, -0.05) is 35.3 Å². The molecule has 5 heteroatoms. The molecule has 0 unspecified atom stereocenters. The number of rotatable bonds is 2. The van der Waals surface area contributed by atoms with E-state index in [0.29, 0.717) is 21.3 Å². The molecular weight excluding hydrogens is 384 g/mol. The highest BCUT2D eigenvalue weighted by atomic mass is 127. The van der Waals surface area contributed by atoms with Crippen molar-refractivity contribution in [3.8, 4) is 0 Å². The smallest absolute Gasteiger partial charge is 0.256 e. The maximum Gasteiger partial charge on any atom is 0.256 e. The molecule has 2 rings (SSSR count). The maximum atomic E-state index is 12.1. The van der Waals surface area contributed by atoms with E-state index < -0.39 is 0 Å². The second-order valence-electron chi connectivity index (χ2n) is 3.56. The number of hydrogen-bond acceptors (Lipinski definition) is 1. The van der Waals surface area contributed by atoms with Crippen molar-refractivity contribution in [1.29, 1.82) is 0 Å². The van der Waals surface area contributed by atoms with Gasteiger partial charge in [-0.05, 0) is 52.9 Å². The van der Waals surface area contributed by atoms with E-state index in [0.717, 1.165) is 3.57 Å². The van der Waals surface area contributed by atoms with Gasteiger partial charge in [0.25, 0.3) is 5.91 Å². The molecular formula is C13H8Cl2INO. The Morgan fingerprint density at radius 3 is 2.56 bits per heavy atom. The number of halogens is 3. The average Bonchev–Trinajstić information content (AvgIpc) is 2.34. The predicted octanol–water partition coefficient (Wildman–Crippen LogP) is 4.85. The van der Waals surface area contributed by atoms with Gasteiger partial charge in [0.1, 0.15) is 0 Å². The second kappa shape index (κ2) is 5.91. The number of nitrogens with one attached hydrogen (secondary N) is 1. The van der Waals surface area contributed by atoms with E-state index >= 15 is 0 Å². The summed E-state index contributed by atoms with van der Waals surface area (Å²) in [6, 6.07) is 12.3. The number of hydrogen-bond donors (Lipinski definition) is 1. The van der Waals surface area contributed by atoms with Crippen LogP contribution in [-0.4, -0.2) is 5.91 Å². The molecule has 0 saturated carbocycles. The molecule has 0 aliphatic heterocycles. The van der Waals surface area contributed by atoms with Crippen LogP contribution in [0.1, 0.15) is 10.4 Å². The van der Waals surface area contributed by atoms with Crippen molar-refractivity contribution >= 4 is 57.4 Å². The lowest BCUT2D eigenvalue weighted by molar-refractivity contribution is 0.102. The van der Waals surface area contributed by atoms with Crippen molar-refractivity contribution in [1.82, 2.24) is 0 Å². The van der Waals surface area contributed by atoms with Gasteiger partial charge in [-0.15, -0.1) is 0 Å². The Morgan fingerprint density at radius 2 is 1.83 bits per heavy atom. The average molecular weight is 392 g/mol. The van der Waals surface area contributed by atoms with E-state index in [1.165, 1.54) is 0 Å². The van der Waals surface area contributed by atoms with E-state index in [1.807, 2.05) is 18.2 Å². The summed E-state index contributed by atoms with van der Waals surface area (Å²) in [6.07, 6.45) is 0. The highest BCUT2D eigenvalue weighted by Gasteiger charge is 2.11. The zero-order valence-electron chi connectivity index (χ0n) is 9.08. The third-order valence-electron chi connectivity index (χ3n) is 2.30. The van der Waals surface area contributed by atoms with Crippen LogP contribution >= 0.6 is 45.8 Å². The molecule has 0 aromatic heterocycles. The van der Waals surface area contributed by atoms with Crippen molar-refractivity contribution in [2.75, 3.05) is 5.32 Å². The second-order valence-corrected chi connectivity index (χ2v) is 5.56. The Labute approximate surface area is 128 Å². The van der Waals surface area contributed by atoms with Crippen molar-refractivity contribution in [2.24, 2.45) is 0 Å². The Bertz CT molecular complexity index is 601. The largest absolute Gasteiger partial charge is 0.321 e. The summed E-state index contributed by atoms with van der Waals surface area (Å²) < 4.78 is 0.880. The normalized spacial score (nSPS) is 10.2. The fraction of sp³-hybridized carbons (Fsp3) is 0. The molecule has 0 fully saturated rings. The molecule has 2 aromatic rings. The van der Waals surface area contributed by atoms with Crippen molar-refractivity contribution in [3.05, 3.63) is 61.6 Å². The summed E-state index contributed by atoms with van der Waals surface area (Å²) in [4.78, 5) is 12.1. The lowest BCUT2D eigenvalue weighted by atomic mass is 10.2. The molecule has 0 spiro atoms. The van der Waals surface area contributed by atoms with Crippen LogP contribution in [0.2, 0.25) is 10.0 Å². The molecule has 1 N–H and O–H groups in total. The standard InChI is InChI=1S/C13H8Cl2INO/c14-8-5-6-10(15)12(7-8)17-13(18)9-3-1-2-4-11(9)16/h1-7H,(H,17,18). The number of carbonyl (C=O) groups is 1. The first-order chi connectivity index (χ1) is 8.58. The Morgan fingerprint density at radius 1 is 1.11 bits per heavy atom. The number of benzene rings is 2. The van der Waals surface area contributed by atoms with E-state index in [1.54, 1.807) is 24.3 Å². The zero-order chi connectivity index (χ0) is 13.1. The van der Waals surface area contributed by atoms with Crippen LogP contribution in [0.15, 0.2) is 42.5 Å². The number of amides is 1. The first kappa shape index (κ1) is 13.6. The van der Waals surface area contributed by atoms with Gasteiger partial charge in [-0.25, -0.2) is 0 Å². The molecule has 2 nitrogen and oxygen atoms in total. The highest BCUT2D eigenvalue weighted by molar-refractivity contribution is 14.1. The molecule has 2 aromatic carbocycles. The van der Waals surface area contributed by atoms with Gasteiger partial charge in [0.2, 0.25) is 0 Å². The van der Waals surface area contributed by atoms with Gasteiger partial charge in [0.05, 0.1) is 16.3 Å². The van der Waals surface area contributed by atoms with E-state index in [9.17, 15) is 4.79 Å². The van der Waals surface area contributed by atoms with Gasteiger partial charge in [-0.3, -0.25) is 4.79 Å². The minimum absolute atomic E-state index is 0.204. The third-order valence-corrected chi connectivity index (χ3v) is 3.80. The van der Waals surface area contributed by atoms with Gasteiger partial charge in [0, 0.05) is 8.59 Å². The molecule has 0 aliphatic carbocycles. The third kappa shape index (κ3) is 3.16. The van der Waals surface area contributed by atoms with Crippen molar-refractivity contribution in [2.45, 2.75) is 0 Å². The fourth-order valence-corrected chi connectivity index (χ4v) is 2.40. The van der Waals surface area contributed by atoms with Gasteiger partial charge in [0.15, 0.2) is 0 Å². The first-order valence-electron chi connectivity index (χ1n) is 5.09. The zero-order valence-corrected chi connectivity index (χ0v) is 12.8. The molecule has 0 bridgehead atoms. The maximum absolute atomic E-state index is 12.1. The lowest BCUT2D eigenvalue weighted by Gasteiger charge is -2.08. The summed E-state index contributed by atoms with van der Waals surface area (Å²) in [5.41, 5.74) is 1.11. The van der Waals surface area contributed by atoms with Crippen LogP contribution in [0, 0.1) is 3.57 Å². The Hall–Kier alpha value is -0.780. The molecule has 18 heavy (non-hydrogen) atoms. The van der Waals surface area contributed by atoms with Crippen molar-refractivity contribution < 1.29 is 4.79 Å². The molecule has 0 atom stereocenters. The van der Waals surface area contributed by atoms with E-state index in [4.69, 9.17) is 23.2 Å². The predicted molar refractivity (Wildman–Crippen MR) is 83.6 cm³/mol. The molecule has 1 amide bonds. The summed E-state index contributed by atoms with van der Waals surface area (Å²) in [5, 5.41) is 3.73. The SMILES string of the molecule is O=C(Nc1cc(Cl)ccc1Cl)c1ccccc1I. The molecule has 0 heterocycles. The highest BCUT2D eigenvalue weighted by Crippen LogP contribution is 2.26. The van der Waals surface area contributed by atoms with E-state index in [2.05, 4.69) is 27.9 Å². The van der Waals surface area contributed by atoms with Crippen LogP contribution in [0.5, 0.6) is 0 Å². The topological polar surface area (TPSA) is 29.1 Å². The molecule has 0 saturated heterocycles. The number of carbonyl (C=O) groups excluding carboxylic acids is 1. The summed E-state index contributed by atoms with van der Waals surface area (Å²) in [5.74, 6) is -0.204. The molecule has 0 radical (unpaired) electrons. The number of anilines is 1. The van der Waals surface area contributed by atoms with Gasteiger partial charge < -0.3 is 5.32 Å². The Kier molecular flexibility index (Phi) is 4.48. The minimum atomic E-state index is -0.204. The summed E-state index contributed by atoms with van der Waals surface area (Å²) in [6.45, 7) is 0. The van der Waals surface area contributed by atoms with Gasteiger partial charge >= 0.3 is 0 Å². The minimum Gasteiger partial charge on any atom is -0.321 e. The lowest BCUT2D eigenvalue weighted by Crippen LogP contribution is -2.13. The van der Waals surface area contributed by atoms with Crippen LogP contribution < -0.4 is 5.32 Å². The van der Waals surface area contributed by atoms with Crippen LogP contribution in [0.4, 0.5) is 5.69 Å².